The van der Waals surface area contributed by atoms with Gasteiger partial charge in [-0.15, -0.1) is 11.8 Å². The standard InChI is InChI=1S/C13H15Cl/c1-4-5-10(2)8-12-6-7-13(14)11(3)9-12/h6-7,9-10H,8H2,1-3H3. The molecule has 0 saturated carbocycles. The Hall–Kier alpha value is -0.930. The third-order valence-corrected chi connectivity index (χ3v) is 2.58. The summed E-state index contributed by atoms with van der Waals surface area (Å²) in [7, 11) is 0. The molecular formula is C13H15Cl. The number of benzene rings is 1. The average Bonchev–Trinajstić information content (AvgIpc) is 2.12. The minimum atomic E-state index is 0.417. The molecule has 0 aliphatic rings. The van der Waals surface area contributed by atoms with Gasteiger partial charge in [0.1, 0.15) is 0 Å². The first-order valence-corrected chi connectivity index (χ1v) is 5.18. The number of hydrogen-bond donors (Lipinski definition) is 0. The van der Waals surface area contributed by atoms with Crippen LogP contribution < -0.4 is 0 Å². The van der Waals surface area contributed by atoms with Crippen molar-refractivity contribution in [1.29, 1.82) is 0 Å². The molecule has 0 aromatic heterocycles. The molecule has 0 radical (unpaired) electrons. The quantitative estimate of drug-likeness (QED) is 0.645. The molecule has 0 amide bonds. The molecule has 0 nitrogen and oxygen atoms in total. The van der Waals surface area contributed by atoms with Gasteiger partial charge >= 0.3 is 0 Å². The Balaban J connectivity index is 2.76. The molecule has 1 aromatic rings. The molecule has 14 heavy (non-hydrogen) atoms. The van der Waals surface area contributed by atoms with Gasteiger partial charge in [-0.05, 0) is 37.5 Å². The molecule has 0 aliphatic carbocycles. The summed E-state index contributed by atoms with van der Waals surface area (Å²) in [6.07, 6.45) is 0.999. The predicted octanol–water partition coefficient (Wildman–Crippen LogP) is 3.85. The molecule has 1 unspecified atom stereocenters. The fraction of sp³-hybridized carbons (Fsp3) is 0.385. The zero-order chi connectivity index (χ0) is 10.6. The molecule has 0 heterocycles. The molecule has 74 valence electrons. The van der Waals surface area contributed by atoms with Crippen molar-refractivity contribution >= 4 is 11.6 Å². The molecule has 0 N–H and O–H groups in total. The molecule has 1 rings (SSSR count). The van der Waals surface area contributed by atoms with Gasteiger partial charge in [0.15, 0.2) is 0 Å². The van der Waals surface area contributed by atoms with Crippen LogP contribution in [0.4, 0.5) is 0 Å². The predicted molar refractivity (Wildman–Crippen MR) is 62.5 cm³/mol. The van der Waals surface area contributed by atoms with Crippen LogP contribution in [0.15, 0.2) is 18.2 Å². The lowest BCUT2D eigenvalue weighted by atomic mass is 10.0. The maximum Gasteiger partial charge on any atom is 0.0435 e. The van der Waals surface area contributed by atoms with E-state index in [0.29, 0.717) is 5.92 Å². The lowest BCUT2D eigenvalue weighted by Crippen LogP contribution is -1.96. The Bertz CT molecular complexity index is 369. The second kappa shape index (κ2) is 5.08. The number of aryl methyl sites for hydroxylation is 1. The van der Waals surface area contributed by atoms with Crippen molar-refractivity contribution in [2.45, 2.75) is 27.2 Å². The van der Waals surface area contributed by atoms with Crippen LogP contribution in [0, 0.1) is 24.7 Å². The summed E-state index contributed by atoms with van der Waals surface area (Å²) in [5.74, 6) is 6.50. The SMILES string of the molecule is CC#CC(C)Cc1ccc(Cl)c(C)c1. The smallest absolute Gasteiger partial charge is 0.0435 e. The van der Waals surface area contributed by atoms with E-state index in [-0.39, 0.29) is 0 Å². The van der Waals surface area contributed by atoms with Gasteiger partial charge in [0, 0.05) is 10.9 Å². The van der Waals surface area contributed by atoms with Crippen molar-refractivity contribution in [3.63, 3.8) is 0 Å². The fourth-order valence-electron chi connectivity index (χ4n) is 1.48. The highest BCUT2D eigenvalue weighted by atomic mass is 35.5. The Labute approximate surface area is 91.3 Å². The van der Waals surface area contributed by atoms with Crippen molar-refractivity contribution < 1.29 is 0 Å². The van der Waals surface area contributed by atoms with E-state index in [9.17, 15) is 0 Å². The van der Waals surface area contributed by atoms with E-state index in [1.165, 1.54) is 5.56 Å². The minimum absolute atomic E-state index is 0.417. The Morgan fingerprint density at radius 2 is 2.14 bits per heavy atom. The third-order valence-electron chi connectivity index (χ3n) is 2.15. The Morgan fingerprint density at radius 1 is 1.43 bits per heavy atom. The van der Waals surface area contributed by atoms with E-state index in [1.807, 2.05) is 19.9 Å². The second-order valence-corrected chi connectivity index (χ2v) is 3.99. The molecule has 0 bridgehead atoms. The summed E-state index contributed by atoms with van der Waals surface area (Å²) in [6.45, 7) is 6.05. The first-order valence-electron chi connectivity index (χ1n) is 4.80. The normalized spacial score (nSPS) is 11.7. The lowest BCUT2D eigenvalue weighted by molar-refractivity contribution is 0.749. The Kier molecular flexibility index (Phi) is 4.04. The third kappa shape index (κ3) is 3.09. The molecule has 1 heteroatoms. The fourth-order valence-corrected chi connectivity index (χ4v) is 1.60. The molecule has 0 aliphatic heterocycles. The second-order valence-electron chi connectivity index (χ2n) is 3.58. The number of hydrogen-bond acceptors (Lipinski definition) is 0. The van der Waals surface area contributed by atoms with Crippen LogP contribution in [0.1, 0.15) is 25.0 Å². The van der Waals surface area contributed by atoms with Gasteiger partial charge in [-0.1, -0.05) is 30.7 Å². The highest BCUT2D eigenvalue weighted by Gasteiger charge is 2.01. The molecule has 0 fully saturated rings. The van der Waals surface area contributed by atoms with Crippen LogP contribution in [0.5, 0.6) is 0 Å². The summed E-state index contributed by atoms with van der Waals surface area (Å²) >= 11 is 5.95. The monoisotopic (exact) mass is 206 g/mol. The number of halogens is 1. The first kappa shape index (κ1) is 11.1. The number of rotatable bonds is 2. The van der Waals surface area contributed by atoms with Crippen LogP contribution >= 0.6 is 11.6 Å². The van der Waals surface area contributed by atoms with E-state index in [4.69, 9.17) is 11.6 Å². The summed E-state index contributed by atoms with van der Waals surface area (Å²) in [6, 6.07) is 6.16. The van der Waals surface area contributed by atoms with E-state index in [2.05, 4.69) is 30.9 Å². The maximum atomic E-state index is 5.95. The van der Waals surface area contributed by atoms with E-state index >= 15 is 0 Å². The summed E-state index contributed by atoms with van der Waals surface area (Å²) < 4.78 is 0. The maximum absolute atomic E-state index is 5.95. The van der Waals surface area contributed by atoms with Crippen LogP contribution in [0.25, 0.3) is 0 Å². The first-order chi connectivity index (χ1) is 6.63. The molecular weight excluding hydrogens is 192 g/mol. The van der Waals surface area contributed by atoms with E-state index in [1.54, 1.807) is 0 Å². The minimum Gasteiger partial charge on any atom is -0.106 e. The zero-order valence-electron chi connectivity index (χ0n) is 8.89. The highest BCUT2D eigenvalue weighted by molar-refractivity contribution is 6.31. The zero-order valence-corrected chi connectivity index (χ0v) is 9.65. The molecule has 1 atom stereocenters. The van der Waals surface area contributed by atoms with Gasteiger partial charge in [0.25, 0.3) is 0 Å². The Morgan fingerprint density at radius 3 is 2.71 bits per heavy atom. The van der Waals surface area contributed by atoms with Crippen molar-refractivity contribution in [1.82, 2.24) is 0 Å². The summed E-state index contributed by atoms with van der Waals surface area (Å²) in [4.78, 5) is 0. The molecule has 0 spiro atoms. The summed E-state index contributed by atoms with van der Waals surface area (Å²) in [5, 5.41) is 0.836. The van der Waals surface area contributed by atoms with Gasteiger partial charge in [-0.25, -0.2) is 0 Å². The topological polar surface area (TPSA) is 0 Å². The molecule has 1 aromatic carbocycles. The van der Waals surface area contributed by atoms with Crippen molar-refractivity contribution in [3.05, 3.63) is 34.3 Å². The van der Waals surface area contributed by atoms with Crippen LogP contribution in [-0.4, -0.2) is 0 Å². The van der Waals surface area contributed by atoms with Gasteiger partial charge in [-0.2, -0.15) is 0 Å². The van der Waals surface area contributed by atoms with Crippen molar-refractivity contribution in [2.75, 3.05) is 0 Å². The highest BCUT2D eigenvalue weighted by Crippen LogP contribution is 2.18. The lowest BCUT2D eigenvalue weighted by Gasteiger charge is -2.06. The van der Waals surface area contributed by atoms with Crippen molar-refractivity contribution in [2.24, 2.45) is 5.92 Å². The van der Waals surface area contributed by atoms with Crippen LogP contribution in [0.2, 0.25) is 5.02 Å². The van der Waals surface area contributed by atoms with Gasteiger partial charge in [-0.3, -0.25) is 0 Å². The van der Waals surface area contributed by atoms with Crippen molar-refractivity contribution in [3.8, 4) is 11.8 Å². The van der Waals surface area contributed by atoms with Gasteiger partial charge < -0.3 is 0 Å². The van der Waals surface area contributed by atoms with Gasteiger partial charge in [0.05, 0.1) is 0 Å². The largest absolute Gasteiger partial charge is 0.106 e. The van der Waals surface area contributed by atoms with E-state index < -0.39 is 0 Å². The average molecular weight is 207 g/mol. The molecule has 0 saturated heterocycles. The van der Waals surface area contributed by atoms with Crippen LogP contribution in [0.3, 0.4) is 0 Å². The van der Waals surface area contributed by atoms with Gasteiger partial charge in [0.2, 0.25) is 0 Å². The van der Waals surface area contributed by atoms with Crippen LogP contribution in [-0.2, 0) is 6.42 Å². The summed E-state index contributed by atoms with van der Waals surface area (Å²) in [5.41, 5.74) is 2.45. The van der Waals surface area contributed by atoms with E-state index in [0.717, 1.165) is 17.0 Å².